The van der Waals surface area contributed by atoms with Crippen molar-refractivity contribution >= 4 is 29.9 Å². The van der Waals surface area contributed by atoms with E-state index in [1.54, 1.807) is 0 Å². The van der Waals surface area contributed by atoms with Crippen LogP contribution in [0, 0.1) is 0 Å². The highest BCUT2D eigenvalue weighted by atomic mass is 127. The smallest absolute Gasteiger partial charge is 0.191 e. The fourth-order valence-electron chi connectivity index (χ4n) is 3.51. The van der Waals surface area contributed by atoms with Crippen molar-refractivity contribution < 1.29 is 0 Å². The molecule has 0 spiro atoms. The lowest BCUT2D eigenvalue weighted by molar-refractivity contribution is 0.109. The number of hydrogen-bond acceptors (Lipinski definition) is 3. The van der Waals surface area contributed by atoms with E-state index in [1.807, 2.05) is 0 Å². The Kier molecular flexibility index (Phi) is 12.7. The molecule has 160 valence electrons. The molecule has 1 aliphatic rings. The van der Waals surface area contributed by atoms with Crippen molar-refractivity contribution in [2.24, 2.45) is 4.99 Å². The Morgan fingerprint density at radius 3 is 2.36 bits per heavy atom. The largest absolute Gasteiger partial charge is 0.357 e. The minimum absolute atomic E-state index is 0. The van der Waals surface area contributed by atoms with E-state index < -0.39 is 0 Å². The van der Waals surface area contributed by atoms with Crippen molar-refractivity contribution in [3.05, 3.63) is 35.9 Å². The zero-order valence-electron chi connectivity index (χ0n) is 18.2. The summed E-state index contributed by atoms with van der Waals surface area (Å²) in [6, 6.07) is 11.6. The summed E-state index contributed by atoms with van der Waals surface area (Å²) in [5, 5.41) is 6.97. The quantitative estimate of drug-likeness (QED) is 0.310. The van der Waals surface area contributed by atoms with Crippen molar-refractivity contribution in [2.75, 3.05) is 45.8 Å². The lowest BCUT2D eigenvalue weighted by Crippen LogP contribution is -2.50. The van der Waals surface area contributed by atoms with Gasteiger partial charge in [0.2, 0.25) is 0 Å². The average Bonchev–Trinajstić information content (AvgIpc) is 2.71. The van der Waals surface area contributed by atoms with Crippen LogP contribution in [-0.2, 0) is 6.42 Å². The highest BCUT2D eigenvalue weighted by Crippen LogP contribution is 2.07. The third kappa shape index (κ3) is 9.09. The number of hydrogen-bond donors (Lipinski definition) is 2. The number of piperazine rings is 1. The van der Waals surface area contributed by atoms with Crippen LogP contribution in [0.3, 0.4) is 0 Å². The summed E-state index contributed by atoms with van der Waals surface area (Å²) < 4.78 is 0. The Hall–Kier alpha value is -0.860. The number of likely N-dealkylation sites (N-methyl/N-ethyl adjacent to an activating group) is 1. The lowest BCUT2D eigenvalue weighted by atomic mass is 10.1. The van der Waals surface area contributed by atoms with Crippen molar-refractivity contribution in [2.45, 2.75) is 52.6 Å². The summed E-state index contributed by atoms with van der Waals surface area (Å²) >= 11 is 0. The molecule has 0 bridgehead atoms. The third-order valence-corrected chi connectivity index (χ3v) is 5.43. The summed E-state index contributed by atoms with van der Waals surface area (Å²) in [7, 11) is 0. The Morgan fingerprint density at radius 2 is 1.75 bits per heavy atom. The molecule has 2 rings (SSSR count). The number of nitrogens with zero attached hydrogens (tertiary/aromatic N) is 3. The Labute approximate surface area is 189 Å². The number of rotatable bonds is 9. The molecular formula is C22H40IN5. The molecule has 0 aromatic heterocycles. The molecule has 5 nitrogen and oxygen atoms in total. The van der Waals surface area contributed by atoms with Gasteiger partial charge in [-0.15, -0.1) is 24.0 Å². The minimum atomic E-state index is 0. The Bertz CT molecular complexity index is 543. The zero-order chi connectivity index (χ0) is 19.5. The first-order valence-electron chi connectivity index (χ1n) is 10.7. The van der Waals surface area contributed by atoms with E-state index in [2.05, 4.69) is 78.5 Å². The van der Waals surface area contributed by atoms with Crippen molar-refractivity contribution in [1.29, 1.82) is 0 Å². The molecule has 28 heavy (non-hydrogen) atoms. The molecule has 0 aliphatic carbocycles. The van der Waals surface area contributed by atoms with Crippen LogP contribution in [0.15, 0.2) is 35.3 Å². The normalized spacial score (nSPS) is 18.2. The van der Waals surface area contributed by atoms with Gasteiger partial charge < -0.3 is 15.5 Å². The van der Waals surface area contributed by atoms with E-state index in [1.165, 1.54) is 18.7 Å². The summed E-state index contributed by atoms with van der Waals surface area (Å²) in [4.78, 5) is 9.95. The molecule has 2 atom stereocenters. The van der Waals surface area contributed by atoms with Gasteiger partial charge in [-0.25, -0.2) is 0 Å². The highest BCUT2D eigenvalue weighted by Gasteiger charge is 2.20. The number of aliphatic imine (C=N–C) groups is 1. The molecule has 1 heterocycles. The van der Waals surface area contributed by atoms with Crippen LogP contribution in [0.1, 0.15) is 39.7 Å². The molecule has 0 radical (unpaired) electrons. The van der Waals surface area contributed by atoms with Gasteiger partial charge in [0.05, 0.1) is 6.54 Å². The van der Waals surface area contributed by atoms with E-state index in [9.17, 15) is 0 Å². The van der Waals surface area contributed by atoms with Gasteiger partial charge in [0.1, 0.15) is 0 Å². The first-order valence-corrected chi connectivity index (χ1v) is 10.7. The molecule has 1 aromatic carbocycles. The standard InChI is InChI=1S/C22H39N5.HI/c1-5-23-22(25-19(3)12-13-21-10-8-7-9-11-21)24-18-20(4)27-16-14-26(6-2)15-17-27;/h7-11,19-20H,5-6,12-18H2,1-4H3,(H2,23,24,25);1H. The van der Waals surface area contributed by atoms with Crippen molar-refractivity contribution in [3.63, 3.8) is 0 Å². The van der Waals surface area contributed by atoms with Gasteiger partial charge in [-0.05, 0) is 45.7 Å². The fourth-order valence-corrected chi connectivity index (χ4v) is 3.51. The van der Waals surface area contributed by atoms with Gasteiger partial charge in [-0.2, -0.15) is 0 Å². The van der Waals surface area contributed by atoms with Gasteiger partial charge >= 0.3 is 0 Å². The second-order valence-corrected chi connectivity index (χ2v) is 7.61. The molecule has 1 saturated heterocycles. The van der Waals surface area contributed by atoms with Gasteiger partial charge in [-0.1, -0.05) is 37.3 Å². The lowest BCUT2D eigenvalue weighted by Gasteiger charge is -2.37. The van der Waals surface area contributed by atoms with E-state index in [4.69, 9.17) is 4.99 Å². The fraction of sp³-hybridized carbons (Fsp3) is 0.682. The zero-order valence-corrected chi connectivity index (χ0v) is 20.5. The molecule has 1 aliphatic heterocycles. The molecular weight excluding hydrogens is 461 g/mol. The average molecular weight is 502 g/mol. The molecule has 1 aromatic rings. The first-order chi connectivity index (χ1) is 13.1. The summed E-state index contributed by atoms with van der Waals surface area (Å²) in [5.41, 5.74) is 1.40. The summed E-state index contributed by atoms with van der Waals surface area (Å²) in [5.74, 6) is 0.942. The molecule has 2 unspecified atom stereocenters. The van der Waals surface area contributed by atoms with Crippen LogP contribution in [-0.4, -0.2) is 73.7 Å². The second kappa shape index (κ2) is 14.2. The maximum Gasteiger partial charge on any atom is 0.191 e. The monoisotopic (exact) mass is 501 g/mol. The number of nitrogens with one attached hydrogen (secondary N) is 2. The molecule has 1 fully saturated rings. The van der Waals surface area contributed by atoms with Gasteiger partial charge in [0.15, 0.2) is 5.96 Å². The van der Waals surface area contributed by atoms with Gasteiger partial charge in [0, 0.05) is 44.8 Å². The third-order valence-electron chi connectivity index (χ3n) is 5.43. The predicted octanol–water partition coefficient (Wildman–Crippen LogP) is 3.21. The first kappa shape index (κ1) is 25.2. The van der Waals surface area contributed by atoms with Crippen LogP contribution in [0.25, 0.3) is 0 Å². The van der Waals surface area contributed by atoms with E-state index in [0.717, 1.165) is 51.5 Å². The predicted molar refractivity (Wildman–Crippen MR) is 132 cm³/mol. The Morgan fingerprint density at radius 1 is 1.07 bits per heavy atom. The number of benzene rings is 1. The number of aryl methyl sites for hydroxylation is 1. The summed E-state index contributed by atoms with van der Waals surface area (Å²) in [6.45, 7) is 16.5. The van der Waals surface area contributed by atoms with E-state index in [0.29, 0.717) is 12.1 Å². The molecule has 0 amide bonds. The summed E-state index contributed by atoms with van der Waals surface area (Å²) in [6.07, 6.45) is 2.19. The number of guanidine groups is 1. The highest BCUT2D eigenvalue weighted by molar-refractivity contribution is 14.0. The molecule has 2 N–H and O–H groups in total. The Balaban J connectivity index is 0.00000392. The molecule has 6 heteroatoms. The topological polar surface area (TPSA) is 42.9 Å². The SMILES string of the molecule is CCNC(=NCC(C)N1CCN(CC)CC1)NC(C)CCc1ccccc1.I. The number of halogens is 1. The maximum absolute atomic E-state index is 4.86. The second-order valence-electron chi connectivity index (χ2n) is 7.61. The van der Waals surface area contributed by atoms with Crippen LogP contribution < -0.4 is 10.6 Å². The van der Waals surface area contributed by atoms with Gasteiger partial charge in [0.25, 0.3) is 0 Å². The van der Waals surface area contributed by atoms with Crippen molar-refractivity contribution in [1.82, 2.24) is 20.4 Å². The minimum Gasteiger partial charge on any atom is -0.357 e. The van der Waals surface area contributed by atoms with Crippen LogP contribution in [0.4, 0.5) is 0 Å². The van der Waals surface area contributed by atoms with Gasteiger partial charge in [-0.3, -0.25) is 9.89 Å². The van der Waals surface area contributed by atoms with Crippen molar-refractivity contribution in [3.8, 4) is 0 Å². The van der Waals surface area contributed by atoms with Crippen LogP contribution >= 0.6 is 24.0 Å². The van der Waals surface area contributed by atoms with Crippen LogP contribution in [0.2, 0.25) is 0 Å². The van der Waals surface area contributed by atoms with Crippen LogP contribution in [0.5, 0.6) is 0 Å². The van der Waals surface area contributed by atoms with E-state index in [-0.39, 0.29) is 24.0 Å². The maximum atomic E-state index is 4.86. The van der Waals surface area contributed by atoms with E-state index >= 15 is 0 Å². The molecule has 0 saturated carbocycles.